The highest BCUT2D eigenvalue weighted by Gasteiger charge is 2.27. The molecule has 8 heteroatoms. The van der Waals surface area contributed by atoms with Crippen molar-refractivity contribution in [3.63, 3.8) is 0 Å². The van der Waals surface area contributed by atoms with Crippen molar-refractivity contribution < 1.29 is 23.5 Å². The lowest BCUT2D eigenvalue weighted by atomic mass is 10.0. The molecule has 0 spiro atoms. The Morgan fingerprint density at radius 1 is 1.16 bits per heavy atom. The third kappa shape index (κ3) is 7.28. The van der Waals surface area contributed by atoms with Crippen LogP contribution in [0.2, 0.25) is 5.02 Å². The van der Waals surface area contributed by atoms with Crippen LogP contribution in [0.1, 0.15) is 59.9 Å². The van der Waals surface area contributed by atoms with Gasteiger partial charge in [-0.15, -0.1) is 0 Å². The smallest absolute Gasteiger partial charge is 0.408 e. The van der Waals surface area contributed by atoms with E-state index in [0.717, 1.165) is 5.56 Å². The number of ether oxygens (including phenoxy) is 2. The molecule has 0 aliphatic rings. The number of carbonyl (C=O) groups is 2. The van der Waals surface area contributed by atoms with Crippen LogP contribution in [0.25, 0.3) is 11.0 Å². The van der Waals surface area contributed by atoms with Crippen molar-refractivity contribution in [1.29, 1.82) is 0 Å². The molecule has 0 saturated carbocycles. The Kier molecular flexibility index (Phi) is 8.12. The van der Waals surface area contributed by atoms with E-state index in [4.69, 9.17) is 25.5 Å². The third-order valence-electron chi connectivity index (χ3n) is 4.48. The van der Waals surface area contributed by atoms with Gasteiger partial charge in [0.25, 0.3) is 0 Å². The first kappa shape index (κ1) is 24.7. The van der Waals surface area contributed by atoms with E-state index < -0.39 is 29.3 Å². The molecular weight excluding hydrogens is 422 g/mol. The largest absolute Gasteiger partial charge is 0.444 e. The fourth-order valence-electron chi connectivity index (χ4n) is 2.98. The molecule has 2 rings (SSSR count). The third-order valence-corrected chi connectivity index (χ3v) is 4.78. The Bertz CT molecular complexity index is 1010. The van der Waals surface area contributed by atoms with Crippen LogP contribution in [0.4, 0.5) is 4.79 Å². The molecular formula is C23H30ClNO6. The molecule has 0 aliphatic heterocycles. The number of alkyl carbamates (subject to hydrolysis) is 1. The zero-order valence-electron chi connectivity index (χ0n) is 18.8. The Morgan fingerprint density at radius 2 is 1.84 bits per heavy atom. The number of aryl methyl sites for hydroxylation is 1. The fraction of sp³-hybridized carbons (Fsp3) is 0.522. The van der Waals surface area contributed by atoms with E-state index in [0.29, 0.717) is 30.6 Å². The summed E-state index contributed by atoms with van der Waals surface area (Å²) in [5.41, 5.74) is -0.139. The minimum Gasteiger partial charge on any atom is -0.444 e. The van der Waals surface area contributed by atoms with Gasteiger partial charge in [0.1, 0.15) is 17.2 Å². The molecule has 1 aromatic carbocycles. The number of halogens is 1. The van der Waals surface area contributed by atoms with E-state index in [1.807, 2.05) is 20.8 Å². The minimum atomic E-state index is -0.919. The van der Waals surface area contributed by atoms with Crippen molar-refractivity contribution in [1.82, 2.24) is 5.32 Å². The van der Waals surface area contributed by atoms with Crippen LogP contribution in [0, 0.1) is 5.92 Å². The first-order valence-corrected chi connectivity index (χ1v) is 10.7. The van der Waals surface area contributed by atoms with Gasteiger partial charge in [-0.05, 0) is 57.6 Å². The summed E-state index contributed by atoms with van der Waals surface area (Å²) in [7, 11) is 0. The van der Waals surface area contributed by atoms with Gasteiger partial charge in [0, 0.05) is 17.5 Å². The Labute approximate surface area is 187 Å². The summed E-state index contributed by atoms with van der Waals surface area (Å²) in [6, 6.07) is 3.52. The van der Waals surface area contributed by atoms with E-state index in [-0.39, 0.29) is 16.4 Å². The average Bonchev–Trinajstić information content (AvgIpc) is 2.63. The Hall–Kier alpha value is -2.54. The molecule has 1 amide bonds. The summed E-state index contributed by atoms with van der Waals surface area (Å²) in [6.07, 6.45) is 0.974. The Balaban J connectivity index is 2.28. The number of hydrogen-bond donors (Lipinski definition) is 1. The zero-order valence-corrected chi connectivity index (χ0v) is 19.6. The van der Waals surface area contributed by atoms with Crippen LogP contribution in [-0.4, -0.2) is 23.7 Å². The number of hydrogen-bond acceptors (Lipinski definition) is 6. The number of esters is 1. The first-order chi connectivity index (χ1) is 14.4. The van der Waals surface area contributed by atoms with E-state index in [1.165, 1.54) is 12.1 Å². The van der Waals surface area contributed by atoms with E-state index >= 15 is 0 Å². The second-order valence-electron chi connectivity index (χ2n) is 8.81. The topological polar surface area (TPSA) is 94.8 Å². The zero-order chi connectivity index (χ0) is 23.3. The van der Waals surface area contributed by atoms with Gasteiger partial charge >= 0.3 is 17.7 Å². The second kappa shape index (κ2) is 10.2. The summed E-state index contributed by atoms with van der Waals surface area (Å²) in [6.45, 7) is 11.2. The van der Waals surface area contributed by atoms with Gasteiger partial charge in [0.05, 0.1) is 5.02 Å². The van der Waals surface area contributed by atoms with Crippen LogP contribution in [0.3, 0.4) is 0 Å². The average molecular weight is 452 g/mol. The van der Waals surface area contributed by atoms with Gasteiger partial charge in [-0.1, -0.05) is 32.4 Å². The molecule has 1 N–H and O–H groups in total. The molecule has 1 atom stereocenters. The first-order valence-electron chi connectivity index (χ1n) is 10.4. The molecule has 1 heterocycles. The van der Waals surface area contributed by atoms with Gasteiger partial charge in [0.2, 0.25) is 0 Å². The molecule has 0 saturated heterocycles. The van der Waals surface area contributed by atoms with Crippen LogP contribution < -0.4 is 15.7 Å². The van der Waals surface area contributed by atoms with Gasteiger partial charge in [-0.3, -0.25) is 0 Å². The van der Waals surface area contributed by atoms with Crippen LogP contribution in [0.5, 0.6) is 5.75 Å². The summed E-state index contributed by atoms with van der Waals surface area (Å²) in [5.74, 6) is -0.306. The fourth-order valence-corrected chi connectivity index (χ4v) is 3.18. The number of benzene rings is 1. The van der Waals surface area contributed by atoms with Gasteiger partial charge in [-0.2, -0.15) is 0 Å². The number of nitrogens with one attached hydrogen (secondary N) is 1. The molecule has 0 aliphatic carbocycles. The van der Waals surface area contributed by atoms with Gasteiger partial charge < -0.3 is 19.2 Å². The van der Waals surface area contributed by atoms with E-state index in [2.05, 4.69) is 5.32 Å². The van der Waals surface area contributed by atoms with Crippen molar-refractivity contribution in [2.24, 2.45) is 5.92 Å². The molecule has 7 nitrogen and oxygen atoms in total. The van der Waals surface area contributed by atoms with E-state index in [1.54, 1.807) is 26.8 Å². The van der Waals surface area contributed by atoms with Crippen LogP contribution in [-0.2, 0) is 16.0 Å². The monoisotopic (exact) mass is 451 g/mol. The lowest BCUT2D eigenvalue weighted by molar-refractivity contribution is -0.137. The van der Waals surface area contributed by atoms with Crippen molar-refractivity contribution in [3.8, 4) is 5.75 Å². The number of rotatable bonds is 7. The summed E-state index contributed by atoms with van der Waals surface area (Å²) < 4.78 is 16.0. The quantitative estimate of drug-likeness (QED) is 0.351. The second-order valence-corrected chi connectivity index (χ2v) is 9.22. The number of amides is 1. The van der Waals surface area contributed by atoms with Crippen molar-refractivity contribution in [2.75, 3.05) is 0 Å². The molecule has 2 aromatic rings. The molecule has 0 unspecified atom stereocenters. The van der Waals surface area contributed by atoms with Crippen molar-refractivity contribution in [2.45, 2.75) is 72.4 Å². The van der Waals surface area contributed by atoms with Gasteiger partial charge in [0.15, 0.2) is 5.75 Å². The maximum Gasteiger partial charge on any atom is 0.408 e. The summed E-state index contributed by atoms with van der Waals surface area (Å²) in [5, 5.41) is 3.46. The maximum absolute atomic E-state index is 12.9. The highest BCUT2D eigenvalue weighted by molar-refractivity contribution is 6.33. The number of carbonyl (C=O) groups excluding carboxylic acids is 2. The predicted octanol–water partition coefficient (Wildman–Crippen LogP) is 5.24. The lowest BCUT2D eigenvalue weighted by Gasteiger charge is -2.23. The van der Waals surface area contributed by atoms with Gasteiger partial charge in [-0.25, -0.2) is 14.4 Å². The normalized spacial score (nSPS) is 12.6. The van der Waals surface area contributed by atoms with Crippen molar-refractivity contribution >= 4 is 34.6 Å². The molecule has 0 bridgehead atoms. The highest BCUT2D eigenvalue weighted by atomic mass is 35.5. The molecule has 31 heavy (non-hydrogen) atoms. The van der Waals surface area contributed by atoms with Crippen molar-refractivity contribution in [3.05, 3.63) is 39.2 Å². The predicted molar refractivity (Wildman–Crippen MR) is 120 cm³/mol. The highest BCUT2D eigenvalue weighted by Crippen LogP contribution is 2.32. The molecule has 170 valence electrons. The molecule has 0 fully saturated rings. The Morgan fingerprint density at radius 3 is 2.42 bits per heavy atom. The number of fused-ring (bicyclic) bond motifs is 1. The van der Waals surface area contributed by atoms with Crippen LogP contribution >= 0.6 is 11.6 Å². The maximum atomic E-state index is 12.9. The van der Waals surface area contributed by atoms with E-state index in [9.17, 15) is 14.4 Å². The summed E-state index contributed by atoms with van der Waals surface area (Å²) >= 11 is 6.33. The lowest BCUT2D eigenvalue weighted by Crippen LogP contribution is -2.45. The molecule has 0 radical (unpaired) electrons. The SMILES string of the molecule is CCc1cc(=O)oc2cc(OC(=O)[C@@H](CCC(C)C)NC(=O)OC(C)(C)C)c(Cl)cc12. The minimum absolute atomic E-state index is 0.0519. The summed E-state index contributed by atoms with van der Waals surface area (Å²) in [4.78, 5) is 36.9. The van der Waals surface area contributed by atoms with Crippen LogP contribution in [0.15, 0.2) is 27.4 Å². The molecule has 1 aromatic heterocycles. The standard InChI is InChI=1S/C23H30ClNO6/c1-7-14-10-20(26)29-18-12-19(16(24)11-15(14)18)30-21(27)17(9-8-13(2)3)25-22(28)31-23(4,5)6/h10-13,17H,7-9H2,1-6H3,(H,25,28)/t17-/m1/s1.